The summed E-state index contributed by atoms with van der Waals surface area (Å²) in [6, 6.07) is 77.7. The maximum absolute atomic E-state index is 4.00. The van der Waals surface area contributed by atoms with Gasteiger partial charge >= 0.3 is 0 Å². The van der Waals surface area contributed by atoms with E-state index in [0.717, 1.165) is 73.0 Å². The average Bonchev–Trinajstić information content (AvgIpc) is 3.68. The molecule has 0 aliphatic rings. The largest absolute Gasteiger partial charge is 0.310 e. The van der Waals surface area contributed by atoms with E-state index in [1.807, 2.05) is 0 Å². The van der Waals surface area contributed by atoms with Crippen molar-refractivity contribution >= 4 is 66.7 Å². The number of nitrogens with zero attached hydrogens (tertiary/aromatic N) is 3. The topological polar surface area (TPSA) is 26.2 Å². The summed E-state index contributed by atoms with van der Waals surface area (Å²) in [5.41, 5.74) is 11.0. The average molecular weight is 706 g/mol. The molecule has 1 aromatic heterocycles. The Morgan fingerprint density at radius 3 is 1.16 bits per heavy atom. The number of H-pyrrole nitrogens is 1. The third-order valence-corrected chi connectivity index (χ3v) is 10.4. The Hall–Kier alpha value is -7.43. The summed E-state index contributed by atoms with van der Waals surface area (Å²) in [4.78, 5) is 8.68. The maximum Gasteiger partial charge on any atom is 0.292 e. The second kappa shape index (κ2) is 13.8. The van der Waals surface area contributed by atoms with Crippen molar-refractivity contribution in [3.63, 3.8) is 0 Å². The minimum Gasteiger partial charge on any atom is -0.310 e. The first kappa shape index (κ1) is 32.2. The molecule has 0 amide bonds. The molecule has 10 aromatic rings. The highest BCUT2D eigenvalue weighted by Crippen LogP contribution is 2.43. The van der Waals surface area contributed by atoms with Crippen molar-refractivity contribution in [2.75, 3.05) is 9.80 Å². The molecule has 4 heteroatoms. The van der Waals surface area contributed by atoms with Gasteiger partial charge in [0.25, 0.3) is 5.82 Å². The summed E-state index contributed by atoms with van der Waals surface area (Å²) >= 11 is 0. The van der Waals surface area contributed by atoms with Gasteiger partial charge in [-0.1, -0.05) is 121 Å². The van der Waals surface area contributed by atoms with Crippen molar-refractivity contribution < 1.29 is 4.57 Å². The second-order valence-corrected chi connectivity index (χ2v) is 13.7. The molecule has 0 saturated heterocycles. The lowest BCUT2D eigenvalue weighted by molar-refractivity contribution is -0.553. The van der Waals surface area contributed by atoms with E-state index in [2.05, 4.69) is 238 Å². The summed E-state index contributed by atoms with van der Waals surface area (Å²) in [7, 11) is 0. The zero-order valence-corrected chi connectivity index (χ0v) is 30.1. The Morgan fingerprint density at radius 2 is 0.709 bits per heavy atom. The van der Waals surface area contributed by atoms with Gasteiger partial charge in [-0.2, -0.15) is 4.57 Å². The summed E-state index contributed by atoms with van der Waals surface area (Å²) < 4.78 is 2.41. The molecule has 1 N–H and O–H groups in total. The first-order valence-corrected chi connectivity index (χ1v) is 18.7. The van der Waals surface area contributed by atoms with Crippen molar-refractivity contribution in [2.45, 2.75) is 0 Å². The van der Waals surface area contributed by atoms with Crippen molar-refractivity contribution in [3.8, 4) is 17.1 Å². The molecule has 10 rings (SSSR count). The van der Waals surface area contributed by atoms with E-state index < -0.39 is 0 Å². The zero-order chi connectivity index (χ0) is 36.6. The third-order valence-electron chi connectivity index (χ3n) is 10.4. The lowest BCUT2D eigenvalue weighted by atomic mass is 9.97. The predicted octanol–water partition coefficient (Wildman–Crippen LogP) is 13.4. The van der Waals surface area contributed by atoms with Gasteiger partial charge in [-0.05, 0) is 108 Å². The number of para-hydroxylation sites is 5. The number of hydrogen-bond donors (Lipinski definition) is 1. The van der Waals surface area contributed by atoms with E-state index in [1.54, 1.807) is 0 Å². The number of fused-ring (bicyclic) bond motifs is 6. The fourth-order valence-corrected chi connectivity index (χ4v) is 7.96. The standard InChI is InChI=1S/C51H36N4/c1-7-19-37(20-8-1)51-52-49-47-35-43(53(38-21-9-2-10-22-38)39-23-11-3-12-24-39)31-33-45(47)46-34-32-44(36-48(46)50(49)55(51)42-29-17-6-18-30-42)54(40-25-13-4-14-26-40)41-27-15-5-16-28-41/h1-36H/p+1. The maximum atomic E-state index is 4.00. The number of benzene rings is 9. The highest BCUT2D eigenvalue weighted by atomic mass is 15.1. The zero-order valence-electron chi connectivity index (χ0n) is 30.1. The van der Waals surface area contributed by atoms with Crippen molar-refractivity contribution in [1.82, 2.24) is 4.98 Å². The van der Waals surface area contributed by atoms with Crippen LogP contribution >= 0.6 is 0 Å². The summed E-state index contributed by atoms with van der Waals surface area (Å²) in [6.07, 6.45) is 0. The van der Waals surface area contributed by atoms with Crippen LogP contribution in [0.4, 0.5) is 34.1 Å². The van der Waals surface area contributed by atoms with Crippen LogP contribution in [0.2, 0.25) is 0 Å². The first-order valence-electron chi connectivity index (χ1n) is 18.7. The number of aromatic nitrogens is 2. The predicted molar refractivity (Wildman–Crippen MR) is 230 cm³/mol. The van der Waals surface area contributed by atoms with Crippen LogP contribution in [0.15, 0.2) is 218 Å². The third kappa shape index (κ3) is 5.77. The summed E-state index contributed by atoms with van der Waals surface area (Å²) in [5, 5.41) is 4.69. The van der Waals surface area contributed by atoms with Crippen LogP contribution in [0.5, 0.6) is 0 Å². The molecule has 0 spiro atoms. The van der Waals surface area contributed by atoms with Crippen LogP contribution in [-0.2, 0) is 0 Å². The van der Waals surface area contributed by atoms with Gasteiger partial charge in [0.05, 0.1) is 5.56 Å². The number of nitrogens with one attached hydrogen (secondary N) is 1. The van der Waals surface area contributed by atoms with Crippen LogP contribution in [0.25, 0.3) is 49.7 Å². The van der Waals surface area contributed by atoms with E-state index in [0.29, 0.717) is 0 Å². The van der Waals surface area contributed by atoms with Crippen LogP contribution in [-0.4, -0.2) is 4.98 Å². The van der Waals surface area contributed by atoms with Crippen molar-refractivity contribution in [2.24, 2.45) is 0 Å². The molecule has 0 fully saturated rings. The molecule has 0 bridgehead atoms. The molecule has 4 nitrogen and oxygen atoms in total. The van der Waals surface area contributed by atoms with Gasteiger partial charge in [-0.25, -0.2) is 4.98 Å². The Morgan fingerprint density at radius 1 is 0.327 bits per heavy atom. The van der Waals surface area contributed by atoms with Gasteiger partial charge in [0, 0.05) is 44.9 Å². The van der Waals surface area contributed by atoms with Crippen molar-refractivity contribution in [3.05, 3.63) is 218 Å². The molecule has 0 saturated carbocycles. The molecule has 9 aromatic carbocycles. The van der Waals surface area contributed by atoms with Crippen LogP contribution < -0.4 is 14.4 Å². The van der Waals surface area contributed by atoms with Gasteiger partial charge in [-0.3, -0.25) is 0 Å². The molecule has 0 aliphatic carbocycles. The van der Waals surface area contributed by atoms with E-state index in [-0.39, 0.29) is 0 Å². The Labute approximate surface area is 320 Å². The monoisotopic (exact) mass is 705 g/mol. The number of aromatic amines is 1. The fraction of sp³-hybridized carbons (Fsp3) is 0. The SMILES string of the molecule is c1ccc(-c2[nH]c3c4cc(N(c5ccccc5)c5ccccc5)ccc4c4ccc(N(c5ccccc5)c5ccccc5)cc4c3[n+]2-c2ccccc2)cc1. The highest BCUT2D eigenvalue weighted by Gasteiger charge is 2.28. The molecule has 1 heterocycles. The molecule has 0 atom stereocenters. The molecular formula is C51H37N4+. The summed E-state index contributed by atoms with van der Waals surface area (Å²) in [5.74, 6) is 1.03. The number of rotatable bonds is 8. The second-order valence-electron chi connectivity index (χ2n) is 13.7. The van der Waals surface area contributed by atoms with E-state index in [9.17, 15) is 0 Å². The smallest absolute Gasteiger partial charge is 0.292 e. The highest BCUT2D eigenvalue weighted by molar-refractivity contribution is 6.24. The number of imidazole rings is 1. The molecular weight excluding hydrogens is 669 g/mol. The fourth-order valence-electron chi connectivity index (χ4n) is 7.96. The van der Waals surface area contributed by atoms with Gasteiger partial charge in [0.1, 0.15) is 5.69 Å². The van der Waals surface area contributed by atoms with E-state index >= 15 is 0 Å². The Balaban J connectivity index is 1.32. The van der Waals surface area contributed by atoms with E-state index in [4.69, 9.17) is 0 Å². The minimum absolute atomic E-state index is 1.03. The van der Waals surface area contributed by atoms with Crippen LogP contribution in [0, 0.1) is 0 Å². The molecule has 260 valence electrons. The van der Waals surface area contributed by atoms with Gasteiger partial charge in [0.15, 0.2) is 11.0 Å². The molecule has 0 radical (unpaired) electrons. The van der Waals surface area contributed by atoms with Gasteiger partial charge in [-0.15, -0.1) is 0 Å². The minimum atomic E-state index is 1.03. The first-order chi connectivity index (χ1) is 27.3. The van der Waals surface area contributed by atoms with Gasteiger partial charge in [0.2, 0.25) is 0 Å². The normalized spacial score (nSPS) is 11.3. The Bertz CT molecular complexity index is 2810. The summed E-state index contributed by atoms with van der Waals surface area (Å²) in [6.45, 7) is 0. The van der Waals surface area contributed by atoms with Gasteiger partial charge < -0.3 is 9.80 Å². The molecule has 0 unspecified atom stereocenters. The van der Waals surface area contributed by atoms with E-state index in [1.165, 1.54) is 10.8 Å². The lowest BCUT2D eigenvalue weighted by Gasteiger charge is -2.26. The number of hydrogen-bond acceptors (Lipinski definition) is 2. The Kier molecular flexibility index (Phi) is 8.12. The van der Waals surface area contributed by atoms with Crippen LogP contribution in [0.3, 0.4) is 0 Å². The van der Waals surface area contributed by atoms with Crippen molar-refractivity contribution in [1.29, 1.82) is 0 Å². The van der Waals surface area contributed by atoms with Crippen LogP contribution in [0.1, 0.15) is 0 Å². The number of anilines is 6. The lowest BCUT2D eigenvalue weighted by Crippen LogP contribution is -2.32. The molecule has 55 heavy (non-hydrogen) atoms. The quantitative estimate of drug-likeness (QED) is 0.126. The molecule has 0 aliphatic heterocycles.